The number of anilines is 6. The molecular weight excluding hydrogens is 793 g/mol. The van der Waals surface area contributed by atoms with Gasteiger partial charge in [-0.1, -0.05) is 133 Å². The molecule has 1 aliphatic heterocycles. The molecule has 0 amide bonds. The largest absolute Gasteiger partial charge is 0.456 e. The molecule has 318 valence electrons. The van der Waals surface area contributed by atoms with Gasteiger partial charge in [0.2, 0.25) is 0 Å². The zero-order valence-electron chi connectivity index (χ0n) is 38.1. The number of fused-ring (bicyclic) bond motifs is 11. The van der Waals surface area contributed by atoms with Crippen molar-refractivity contribution in [1.82, 2.24) is 0 Å². The van der Waals surface area contributed by atoms with E-state index in [1.165, 1.54) is 72.4 Å². The molecule has 0 bridgehead atoms. The lowest BCUT2D eigenvalue weighted by atomic mass is 9.82. The Kier molecular flexibility index (Phi) is 9.00. The van der Waals surface area contributed by atoms with Crippen LogP contribution >= 0.6 is 0 Å². The first-order valence-electron chi connectivity index (χ1n) is 23.3. The third-order valence-corrected chi connectivity index (χ3v) is 14.1. The molecule has 4 nitrogen and oxygen atoms in total. The minimum absolute atomic E-state index is 0.198. The topological polar surface area (TPSA) is 32.8 Å². The maximum Gasteiger partial charge on any atom is 0.139 e. The van der Waals surface area contributed by atoms with Crippen LogP contribution in [0.3, 0.4) is 0 Å². The van der Waals surface area contributed by atoms with E-state index >= 15 is 0 Å². The molecule has 0 N–H and O–H groups in total. The van der Waals surface area contributed by atoms with Crippen LogP contribution in [0.4, 0.5) is 34.1 Å². The van der Waals surface area contributed by atoms with E-state index in [9.17, 15) is 0 Å². The highest BCUT2D eigenvalue weighted by Gasteiger charge is 2.32. The van der Waals surface area contributed by atoms with Gasteiger partial charge in [0.15, 0.2) is 0 Å². The number of hydrogen-bond acceptors (Lipinski definition) is 4. The fourth-order valence-electron chi connectivity index (χ4n) is 10.9. The lowest BCUT2D eigenvalue weighted by molar-refractivity contribution is 0.656. The van der Waals surface area contributed by atoms with Gasteiger partial charge in [-0.3, -0.25) is 0 Å². The first kappa shape index (κ1) is 39.3. The van der Waals surface area contributed by atoms with Crippen LogP contribution in [0.5, 0.6) is 0 Å². The van der Waals surface area contributed by atoms with Gasteiger partial charge in [0.05, 0.1) is 5.69 Å². The Morgan fingerprint density at radius 2 is 0.938 bits per heavy atom. The average Bonchev–Trinajstić information content (AvgIpc) is 3.85. The molecule has 3 heterocycles. The molecule has 12 rings (SSSR count). The molecule has 1 atom stereocenters. The molecule has 1 aliphatic rings. The number of nitrogens with zero attached hydrogens (tertiary/aromatic N) is 2. The van der Waals surface area contributed by atoms with E-state index in [0.717, 1.165) is 55.0 Å². The molecule has 0 saturated heterocycles. The predicted octanol–water partition coefficient (Wildman–Crippen LogP) is 18.6. The van der Waals surface area contributed by atoms with Crippen LogP contribution in [0.2, 0.25) is 0 Å². The van der Waals surface area contributed by atoms with E-state index in [0.29, 0.717) is 17.8 Å². The molecule has 1 unspecified atom stereocenters. The standard InChI is InChI=1S/C61H52N2O2/c1-35(2)43-16-8-12-20-52(43)62(53-21-13-9-17-44(53)36(3)4)42-26-24-39-29-48-50-32-51-49-30-40-25-27-56-61(47(40)33-58(49)65-60(51)34-59(50)64-57(48)31-41(39)28-42)38(7)46-19-11-15-23-55(46)63(56)54-22-14-10-18-45(54)37(5)6/h8-38H,1-7H3. The fraction of sp³-hybridized carbons (Fsp3) is 0.180. The smallest absolute Gasteiger partial charge is 0.139 e. The van der Waals surface area contributed by atoms with Crippen LogP contribution in [0.15, 0.2) is 173 Å². The van der Waals surface area contributed by atoms with Crippen molar-refractivity contribution in [2.45, 2.75) is 72.1 Å². The van der Waals surface area contributed by atoms with Gasteiger partial charge < -0.3 is 18.6 Å². The van der Waals surface area contributed by atoms with Crippen molar-refractivity contribution < 1.29 is 8.83 Å². The molecule has 0 radical (unpaired) electrons. The normalized spacial score (nSPS) is 14.0. The minimum Gasteiger partial charge on any atom is -0.456 e. The van der Waals surface area contributed by atoms with Crippen molar-refractivity contribution in [3.05, 3.63) is 192 Å². The summed E-state index contributed by atoms with van der Waals surface area (Å²) in [6.45, 7) is 16.0. The summed E-state index contributed by atoms with van der Waals surface area (Å²) in [5, 5.41) is 9.15. The molecule has 65 heavy (non-hydrogen) atoms. The molecule has 2 aromatic heterocycles. The van der Waals surface area contributed by atoms with E-state index in [1.807, 2.05) is 0 Å². The highest BCUT2D eigenvalue weighted by Crippen LogP contribution is 2.53. The van der Waals surface area contributed by atoms with Gasteiger partial charge in [-0.05, 0) is 140 Å². The minimum atomic E-state index is 0.198. The van der Waals surface area contributed by atoms with Crippen LogP contribution in [-0.4, -0.2) is 0 Å². The van der Waals surface area contributed by atoms with Crippen molar-refractivity contribution >= 4 is 99.5 Å². The summed E-state index contributed by atoms with van der Waals surface area (Å²) in [4.78, 5) is 4.94. The first-order chi connectivity index (χ1) is 31.6. The van der Waals surface area contributed by atoms with Crippen LogP contribution in [0.25, 0.3) is 65.4 Å². The Labute approximate surface area is 380 Å². The lowest BCUT2D eigenvalue weighted by Crippen LogP contribution is -2.22. The highest BCUT2D eigenvalue weighted by atomic mass is 16.3. The van der Waals surface area contributed by atoms with Gasteiger partial charge in [0.25, 0.3) is 0 Å². The maximum absolute atomic E-state index is 6.80. The maximum atomic E-state index is 6.80. The summed E-state index contributed by atoms with van der Waals surface area (Å²) in [6, 6.07) is 60.4. The van der Waals surface area contributed by atoms with Gasteiger partial charge in [-0.15, -0.1) is 0 Å². The summed E-state index contributed by atoms with van der Waals surface area (Å²) in [7, 11) is 0. The second-order valence-electron chi connectivity index (χ2n) is 19.1. The zero-order valence-corrected chi connectivity index (χ0v) is 38.1. The van der Waals surface area contributed by atoms with Gasteiger partial charge in [0, 0.05) is 62.0 Å². The zero-order chi connectivity index (χ0) is 44.2. The summed E-state index contributed by atoms with van der Waals surface area (Å²) >= 11 is 0. The van der Waals surface area contributed by atoms with E-state index in [1.54, 1.807) is 0 Å². The van der Waals surface area contributed by atoms with E-state index in [4.69, 9.17) is 8.83 Å². The molecule has 0 spiro atoms. The molecule has 4 heteroatoms. The average molecular weight is 845 g/mol. The van der Waals surface area contributed by atoms with Crippen molar-refractivity contribution in [3.8, 4) is 0 Å². The third kappa shape index (κ3) is 6.11. The van der Waals surface area contributed by atoms with Crippen LogP contribution in [0, 0.1) is 0 Å². The van der Waals surface area contributed by atoms with Crippen molar-refractivity contribution in [2.24, 2.45) is 0 Å². The van der Waals surface area contributed by atoms with Crippen LogP contribution in [0.1, 0.15) is 100.0 Å². The molecule has 0 aliphatic carbocycles. The number of furan rings is 2. The molecule has 9 aromatic carbocycles. The van der Waals surface area contributed by atoms with Crippen molar-refractivity contribution in [3.63, 3.8) is 0 Å². The van der Waals surface area contributed by atoms with Gasteiger partial charge in [0.1, 0.15) is 22.3 Å². The van der Waals surface area contributed by atoms with Crippen molar-refractivity contribution in [1.29, 1.82) is 0 Å². The van der Waals surface area contributed by atoms with Crippen LogP contribution < -0.4 is 9.80 Å². The van der Waals surface area contributed by atoms with E-state index in [-0.39, 0.29) is 5.92 Å². The van der Waals surface area contributed by atoms with E-state index in [2.05, 4.69) is 222 Å². The number of hydrogen-bond donors (Lipinski definition) is 0. The summed E-state index contributed by atoms with van der Waals surface area (Å²) in [5.74, 6) is 1.31. The lowest BCUT2D eigenvalue weighted by Gasteiger charge is -2.38. The SMILES string of the molecule is CC(C)c1ccccc1N(c1ccc2cc3c(cc2c1)oc1cc2oc4cc5c6c(ccc5cc4c2cc13)N(c1ccccc1C(C)C)c1ccccc1C6C)c1ccccc1C(C)C. The molecule has 0 saturated carbocycles. The first-order valence-corrected chi connectivity index (χ1v) is 23.3. The molecule has 0 fully saturated rings. The summed E-state index contributed by atoms with van der Waals surface area (Å²) < 4.78 is 13.5. The summed E-state index contributed by atoms with van der Waals surface area (Å²) in [6.07, 6.45) is 0. The Bertz CT molecular complexity index is 3650. The number of para-hydroxylation sites is 4. The molecular formula is C61H52N2O2. The number of rotatable bonds is 7. The Hall–Kier alpha value is -7.30. The monoisotopic (exact) mass is 844 g/mol. The van der Waals surface area contributed by atoms with Gasteiger partial charge in [-0.25, -0.2) is 0 Å². The van der Waals surface area contributed by atoms with Gasteiger partial charge in [-0.2, -0.15) is 0 Å². The summed E-state index contributed by atoms with van der Waals surface area (Å²) in [5.41, 5.74) is 17.3. The second kappa shape index (κ2) is 14.9. The molecule has 11 aromatic rings. The fourth-order valence-corrected chi connectivity index (χ4v) is 10.9. The Balaban J connectivity index is 0.993. The van der Waals surface area contributed by atoms with Crippen molar-refractivity contribution in [2.75, 3.05) is 9.80 Å². The third-order valence-electron chi connectivity index (χ3n) is 14.1. The Morgan fingerprint density at radius 3 is 1.60 bits per heavy atom. The quantitative estimate of drug-likeness (QED) is 0.160. The predicted molar refractivity (Wildman–Crippen MR) is 275 cm³/mol. The van der Waals surface area contributed by atoms with Gasteiger partial charge >= 0.3 is 0 Å². The van der Waals surface area contributed by atoms with Crippen LogP contribution in [-0.2, 0) is 0 Å². The number of benzene rings is 9. The Morgan fingerprint density at radius 1 is 0.415 bits per heavy atom. The van der Waals surface area contributed by atoms with E-state index < -0.39 is 0 Å². The second-order valence-corrected chi connectivity index (χ2v) is 19.1. The highest BCUT2D eigenvalue weighted by molar-refractivity contribution is 6.19.